The smallest absolute Gasteiger partial charge is 0.157 e. The van der Waals surface area contributed by atoms with E-state index in [9.17, 15) is 0 Å². The second-order valence-electron chi connectivity index (χ2n) is 3.86. The van der Waals surface area contributed by atoms with Crippen LogP contribution in [0.4, 0.5) is 0 Å². The van der Waals surface area contributed by atoms with Crippen molar-refractivity contribution < 1.29 is 0 Å². The van der Waals surface area contributed by atoms with Crippen molar-refractivity contribution in [3.05, 3.63) is 0 Å². The van der Waals surface area contributed by atoms with Gasteiger partial charge >= 0.3 is 0 Å². The Morgan fingerprint density at radius 1 is 1.62 bits per heavy atom. The van der Waals surface area contributed by atoms with Crippen LogP contribution in [0, 0.1) is 0 Å². The number of hydrogen-bond donors (Lipinski definition) is 1. The normalized spacial score (nSPS) is 30.0. The Balaban J connectivity index is 1.72. The van der Waals surface area contributed by atoms with Gasteiger partial charge in [0.05, 0.1) is 12.6 Å². The lowest BCUT2D eigenvalue weighted by Gasteiger charge is -2.36. The predicted octanol–water partition coefficient (Wildman–Crippen LogP) is 0.771. The molecule has 0 saturated carbocycles. The number of aliphatic imine (C=N–C) groups is 1. The van der Waals surface area contributed by atoms with Gasteiger partial charge in [-0.05, 0) is 13.5 Å². The molecule has 0 amide bonds. The van der Waals surface area contributed by atoms with Gasteiger partial charge in [0, 0.05) is 18.3 Å². The summed E-state index contributed by atoms with van der Waals surface area (Å²) in [6.07, 6.45) is 1.23. The van der Waals surface area contributed by atoms with Crippen LogP contribution in [-0.4, -0.2) is 48.0 Å². The van der Waals surface area contributed by atoms with Crippen LogP contribution in [0.2, 0.25) is 0 Å². The summed E-state index contributed by atoms with van der Waals surface area (Å²) in [5.74, 6) is 0. The monoisotopic (exact) mass is 199 g/mol. The van der Waals surface area contributed by atoms with Crippen LogP contribution in [0.1, 0.15) is 13.3 Å². The zero-order valence-electron chi connectivity index (χ0n) is 8.29. The van der Waals surface area contributed by atoms with Gasteiger partial charge in [0.1, 0.15) is 0 Å². The van der Waals surface area contributed by atoms with E-state index in [1.165, 1.54) is 11.6 Å². The largest absolute Gasteiger partial charge is 0.360 e. The summed E-state index contributed by atoms with van der Waals surface area (Å²) in [6.45, 7) is 5.56. The zero-order valence-corrected chi connectivity index (χ0v) is 9.10. The number of nitrogens with one attached hydrogen (secondary N) is 1. The van der Waals surface area contributed by atoms with E-state index >= 15 is 0 Å². The molecule has 0 aromatic carbocycles. The van der Waals surface area contributed by atoms with Crippen molar-refractivity contribution in [3.63, 3.8) is 0 Å². The van der Waals surface area contributed by atoms with E-state index < -0.39 is 0 Å². The van der Waals surface area contributed by atoms with Gasteiger partial charge in [0.2, 0.25) is 0 Å². The van der Waals surface area contributed by atoms with E-state index in [2.05, 4.69) is 29.2 Å². The molecule has 0 aliphatic carbocycles. The Morgan fingerprint density at radius 3 is 2.92 bits per heavy atom. The molecule has 0 spiro atoms. The van der Waals surface area contributed by atoms with Gasteiger partial charge < -0.3 is 10.2 Å². The molecule has 1 atom stereocenters. The highest BCUT2D eigenvalue weighted by molar-refractivity contribution is 8.14. The number of nitrogens with zero attached hydrogens (tertiary/aromatic N) is 2. The highest BCUT2D eigenvalue weighted by Crippen LogP contribution is 2.22. The molecule has 13 heavy (non-hydrogen) atoms. The molecule has 0 bridgehead atoms. The van der Waals surface area contributed by atoms with Crippen LogP contribution in [0.25, 0.3) is 0 Å². The molecule has 1 fully saturated rings. The lowest BCUT2D eigenvalue weighted by atomic mass is 10.1. The Labute approximate surface area is 84.0 Å². The second kappa shape index (κ2) is 3.88. The van der Waals surface area contributed by atoms with E-state index in [1.54, 1.807) is 0 Å². The first kappa shape index (κ1) is 9.34. The third-order valence-electron chi connectivity index (χ3n) is 2.56. The first-order valence-corrected chi connectivity index (χ1v) is 5.82. The van der Waals surface area contributed by atoms with Crippen molar-refractivity contribution in [3.8, 4) is 0 Å². The number of rotatable bonds is 2. The third kappa shape index (κ3) is 2.17. The van der Waals surface area contributed by atoms with Gasteiger partial charge in [-0.3, -0.25) is 4.99 Å². The van der Waals surface area contributed by atoms with Crippen LogP contribution in [0.3, 0.4) is 0 Å². The lowest BCUT2D eigenvalue weighted by Crippen LogP contribution is -2.56. The summed E-state index contributed by atoms with van der Waals surface area (Å²) in [5, 5.41) is 5.38. The summed E-state index contributed by atoms with van der Waals surface area (Å²) < 4.78 is 0. The first-order valence-electron chi connectivity index (χ1n) is 4.94. The average molecular weight is 199 g/mol. The fourth-order valence-electron chi connectivity index (χ4n) is 1.67. The average Bonchev–Trinajstić information content (AvgIpc) is 2.50. The molecule has 2 aliphatic heterocycles. The van der Waals surface area contributed by atoms with Gasteiger partial charge in [-0.1, -0.05) is 18.7 Å². The molecule has 2 aliphatic rings. The third-order valence-corrected chi connectivity index (χ3v) is 3.85. The van der Waals surface area contributed by atoms with E-state index in [-0.39, 0.29) is 0 Å². The van der Waals surface area contributed by atoms with E-state index in [1.807, 2.05) is 11.8 Å². The molecule has 0 radical (unpaired) electrons. The summed E-state index contributed by atoms with van der Waals surface area (Å²) in [5.41, 5.74) is 0. The van der Waals surface area contributed by atoms with Crippen molar-refractivity contribution >= 4 is 16.9 Å². The van der Waals surface area contributed by atoms with Gasteiger partial charge in [-0.25, -0.2) is 0 Å². The second-order valence-corrected chi connectivity index (χ2v) is 5.15. The maximum absolute atomic E-state index is 4.48. The van der Waals surface area contributed by atoms with Crippen LogP contribution < -0.4 is 5.32 Å². The molecule has 0 aromatic heterocycles. The number of amidine groups is 1. The maximum atomic E-state index is 4.48. The molecule has 4 heteroatoms. The lowest BCUT2D eigenvalue weighted by molar-refractivity contribution is 0.178. The molecular weight excluding hydrogens is 182 g/mol. The molecule has 0 aromatic rings. The highest BCUT2D eigenvalue weighted by Gasteiger charge is 2.26. The SMILES string of the molecule is CCC1CN=C(NC2CN(C)C2)S1. The molecular formula is C9H17N3S. The molecule has 3 nitrogen and oxygen atoms in total. The van der Waals surface area contributed by atoms with Crippen LogP contribution in [0.5, 0.6) is 0 Å². The van der Waals surface area contributed by atoms with Crippen molar-refractivity contribution in [2.75, 3.05) is 26.7 Å². The summed E-state index contributed by atoms with van der Waals surface area (Å²) in [6, 6.07) is 0.645. The van der Waals surface area contributed by atoms with E-state index in [0.29, 0.717) is 6.04 Å². The minimum absolute atomic E-state index is 0.645. The molecule has 2 rings (SSSR count). The molecule has 2 heterocycles. The van der Waals surface area contributed by atoms with Crippen LogP contribution in [-0.2, 0) is 0 Å². The van der Waals surface area contributed by atoms with Gasteiger partial charge in [-0.15, -0.1) is 0 Å². The Bertz CT molecular complexity index is 211. The standard InChI is InChI=1S/C9H17N3S/c1-3-8-4-10-9(13-8)11-7-5-12(2)6-7/h7-8H,3-6H2,1-2H3,(H,10,11). The number of thioether (sulfide) groups is 1. The fourth-order valence-corrected chi connectivity index (χ4v) is 2.69. The van der Waals surface area contributed by atoms with Gasteiger partial charge in [0.15, 0.2) is 5.17 Å². The minimum Gasteiger partial charge on any atom is -0.360 e. The molecule has 1 unspecified atom stereocenters. The number of likely N-dealkylation sites (N-methyl/N-ethyl adjacent to an activating group) is 1. The van der Waals surface area contributed by atoms with Crippen LogP contribution >= 0.6 is 11.8 Å². The summed E-state index contributed by atoms with van der Waals surface area (Å²) in [7, 11) is 2.15. The summed E-state index contributed by atoms with van der Waals surface area (Å²) >= 11 is 1.91. The maximum Gasteiger partial charge on any atom is 0.157 e. The number of likely N-dealkylation sites (tertiary alicyclic amines) is 1. The zero-order chi connectivity index (χ0) is 9.26. The molecule has 1 N–H and O–H groups in total. The summed E-state index contributed by atoms with van der Waals surface area (Å²) in [4.78, 5) is 6.80. The van der Waals surface area contributed by atoms with Crippen molar-refractivity contribution in [1.29, 1.82) is 0 Å². The predicted molar refractivity (Wildman–Crippen MR) is 58.4 cm³/mol. The first-order chi connectivity index (χ1) is 6.28. The molecule has 1 saturated heterocycles. The topological polar surface area (TPSA) is 27.6 Å². The quantitative estimate of drug-likeness (QED) is 0.712. The van der Waals surface area contributed by atoms with E-state index in [4.69, 9.17) is 0 Å². The number of hydrogen-bond acceptors (Lipinski definition) is 4. The Hall–Kier alpha value is -0.220. The van der Waals surface area contributed by atoms with Gasteiger partial charge in [-0.2, -0.15) is 0 Å². The minimum atomic E-state index is 0.645. The van der Waals surface area contributed by atoms with Gasteiger partial charge in [0.25, 0.3) is 0 Å². The Morgan fingerprint density at radius 2 is 2.38 bits per heavy atom. The highest BCUT2D eigenvalue weighted by atomic mass is 32.2. The van der Waals surface area contributed by atoms with E-state index in [0.717, 1.165) is 24.9 Å². The van der Waals surface area contributed by atoms with Crippen molar-refractivity contribution in [2.45, 2.75) is 24.6 Å². The van der Waals surface area contributed by atoms with Crippen molar-refractivity contribution in [2.24, 2.45) is 4.99 Å². The van der Waals surface area contributed by atoms with Crippen molar-refractivity contribution in [1.82, 2.24) is 10.2 Å². The Kier molecular flexibility index (Phi) is 2.79. The van der Waals surface area contributed by atoms with Crippen LogP contribution in [0.15, 0.2) is 4.99 Å². The fraction of sp³-hybridized carbons (Fsp3) is 0.889. The molecule has 74 valence electrons.